The second-order valence-corrected chi connectivity index (χ2v) is 4.25. The molecular formula is C16H13F3N2O. The van der Waals surface area contributed by atoms with E-state index in [1.54, 1.807) is 30.4 Å². The number of hydrogen-bond acceptors (Lipinski definition) is 3. The van der Waals surface area contributed by atoms with Crippen molar-refractivity contribution >= 4 is 23.7 Å². The molecule has 0 amide bonds. The first-order valence-electron chi connectivity index (χ1n) is 6.30. The van der Waals surface area contributed by atoms with Crippen LogP contribution in [0.5, 0.6) is 5.75 Å². The van der Waals surface area contributed by atoms with Gasteiger partial charge in [-0.25, -0.2) is 4.98 Å². The van der Waals surface area contributed by atoms with Crippen molar-refractivity contribution in [2.45, 2.75) is 6.36 Å². The molecule has 0 atom stereocenters. The van der Waals surface area contributed by atoms with E-state index in [1.165, 1.54) is 18.2 Å². The minimum Gasteiger partial charge on any atom is -0.404 e. The van der Waals surface area contributed by atoms with Crippen LogP contribution in [-0.4, -0.2) is 11.3 Å². The zero-order chi connectivity index (χ0) is 16.2. The molecule has 0 radical (unpaired) electrons. The summed E-state index contributed by atoms with van der Waals surface area (Å²) >= 11 is 0. The van der Waals surface area contributed by atoms with E-state index in [-0.39, 0.29) is 11.4 Å². The van der Waals surface area contributed by atoms with Crippen molar-refractivity contribution in [2.75, 3.05) is 5.32 Å². The van der Waals surface area contributed by atoms with E-state index in [2.05, 4.69) is 28.2 Å². The van der Waals surface area contributed by atoms with Gasteiger partial charge in [0.25, 0.3) is 0 Å². The third kappa shape index (κ3) is 3.88. The predicted octanol–water partition coefficient (Wildman–Crippen LogP) is 5.01. The van der Waals surface area contributed by atoms with Gasteiger partial charge in [0.15, 0.2) is 5.75 Å². The quantitative estimate of drug-likeness (QED) is 0.843. The number of nitrogens with zero attached hydrogens (tertiary/aromatic N) is 1. The Hall–Kier alpha value is -2.76. The van der Waals surface area contributed by atoms with Gasteiger partial charge in [0.1, 0.15) is 5.82 Å². The lowest BCUT2D eigenvalue weighted by atomic mass is 10.2. The molecule has 6 heteroatoms. The molecule has 0 saturated carbocycles. The number of rotatable bonds is 5. The molecule has 2 aromatic rings. The molecule has 22 heavy (non-hydrogen) atoms. The van der Waals surface area contributed by atoms with Gasteiger partial charge in [-0.15, -0.1) is 13.2 Å². The Morgan fingerprint density at radius 2 is 1.77 bits per heavy atom. The molecule has 0 aliphatic carbocycles. The minimum absolute atomic E-state index is 0.161. The molecule has 114 valence electrons. The van der Waals surface area contributed by atoms with Gasteiger partial charge in [0.05, 0.1) is 11.4 Å². The van der Waals surface area contributed by atoms with Crippen molar-refractivity contribution in [2.24, 2.45) is 0 Å². The second kappa shape index (κ2) is 6.34. The molecular weight excluding hydrogens is 293 g/mol. The van der Waals surface area contributed by atoms with Gasteiger partial charge in [-0.3, -0.25) is 0 Å². The number of pyridine rings is 1. The first kappa shape index (κ1) is 15.6. The lowest BCUT2D eigenvalue weighted by Gasteiger charge is -2.14. The van der Waals surface area contributed by atoms with Crippen LogP contribution in [-0.2, 0) is 0 Å². The Morgan fingerprint density at radius 3 is 2.41 bits per heavy atom. The fraction of sp³-hybridized carbons (Fsp3) is 0.0625. The number of anilines is 2. The summed E-state index contributed by atoms with van der Waals surface area (Å²) in [5, 5.41) is 2.80. The van der Waals surface area contributed by atoms with Crippen molar-refractivity contribution < 1.29 is 17.9 Å². The zero-order valence-electron chi connectivity index (χ0n) is 11.5. The van der Waals surface area contributed by atoms with Crippen molar-refractivity contribution in [3.05, 3.63) is 60.8 Å². The SMILES string of the molecule is C=Cc1ccc(Nc2ccccc2OC(F)(F)F)nc1C=C. The van der Waals surface area contributed by atoms with Crippen LogP contribution in [0.3, 0.4) is 0 Å². The fourth-order valence-corrected chi connectivity index (χ4v) is 1.81. The zero-order valence-corrected chi connectivity index (χ0v) is 11.5. The molecule has 3 nitrogen and oxygen atoms in total. The average molecular weight is 306 g/mol. The monoisotopic (exact) mass is 306 g/mol. The number of halogens is 3. The third-order valence-corrected chi connectivity index (χ3v) is 2.75. The maximum absolute atomic E-state index is 12.4. The Morgan fingerprint density at radius 1 is 1.05 bits per heavy atom. The number of benzene rings is 1. The first-order valence-corrected chi connectivity index (χ1v) is 6.30. The van der Waals surface area contributed by atoms with E-state index in [4.69, 9.17) is 0 Å². The highest BCUT2D eigenvalue weighted by atomic mass is 19.4. The predicted molar refractivity (Wildman–Crippen MR) is 80.8 cm³/mol. The van der Waals surface area contributed by atoms with Crippen LogP contribution in [0, 0.1) is 0 Å². The van der Waals surface area contributed by atoms with Gasteiger partial charge in [-0.2, -0.15) is 0 Å². The van der Waals surface area contributed by atoms with Gasteiger partial charge in [0.2, 0.25) is 0 Å². The Kier molecular flexibility index (Phi) is 4.50. The van der Waals surface area contributed by atoms with Crippen LogP contribution in [0.2, 0.25) is 0 Å². The van der Waals surface area contributed by atoms with Crippen LogP contribution in [0.1, 0.15) is 11.3 Å². The number of hydrogen-bond donors (Lipinski definition) is 1. The second-order valence-electron chi connectivity index (χ2n) is 4.25. The topological polar surface area (TPSA) is 34.1 Å². The molecule has 1 aromatic heterocycles. The maximum atomic E-state index is 12.4. The largest absolute Gasteiger partial charge is 0.573 e. The molecule has 1 aromatic carbocycles. The summed E-state index contributed by atoms with van der Waals surface area (Å²) in [6.45, 7) is 7.30. The highest BCUT2D eigenvalue weighted by Crippen LogP contribution is 2.31. The Bertz CT molecular complexity index is 696. The number of aromatic nitrogens is 1. The highest BCUT2D eigenvalue weighted by molar-refractivity contribution is 5.68. The van der Waals surface area contributed by atoms with Crippen LogP contribution in [0.15, 0.2) is 49.6 Å². The summed E-state index contributed by atoms with van der Waals surface area (Å²) in [5.41, 5.74) is 1.52. The van der Waals surface area contributed by atoms with Gasteiger partial charge >= 0.3 is 6.36 Å². The summed E-state index contributed by atoms with van der Waals surface area (Å²) in [7, 11) is 0. The van der Waals surface area contributed by atoms with Crippen molar-refractivity contribution in [3.63, 3.8) is 0 Å². The summed E-state index contributed by atoms with van der Waals surface area (Å²) in [4.78, 5) is 4.26. The minimum atomic E-state index is -4.76. The number of para-hydroxylation sites is 2. The van der Waals surface area contributed by atoms with Gasteiger partial charge in [-0.1, -0.05) is 31.4 Å². The number of ether oxygens (including phenoxy) is 1. The molecule has 2 rings (SSSR count). The van der Waals surface area contributed by atoms with Gasteiger partial charge in [0, 0.05) is 0 Å². The van der Waals surface area contributed by atoms with Crippen LogP contribution >= 0.6 is 0 Å². The molecule has 0 unspecified atom stereocenters. The standard InChI is InChI=1S/C16H13F3N2O/c1-3-11-9-10-15(20-12(11)4-2)21-13-7-5-6-8-14(13)22-16(17,18)19/h3-10H,1-2H2,(H,20,21). The third-order valence-electron chi connectivity index (χ3n) is 2.75. The van der Waals surface area contributed by atoms with E-state index >= 15 is 0 Å². The Labute approximate surface area is 125 Å². The van der Waals surface area contributed by atoms with Crippen molar-refractivity contribution in [1.82, 2.24) is 4.98 Å². The van der Waals surface area contributed by atoms with E-state index in [0.717, 1.165) is 5.56 Å². The lowest BCUT2D eigenvalue weighted by molar-refractivity contribution is -0.274. The van der Waals surface area contributed by atoms with Crippen LogP contribution < -0.4 is 10.1 Å². The fourth-order valence-electron chi connectivity index (χ4n) is 1.81. The molecule has 1 N–H and O–H groups in total. The maximum Gasteiger partial charge on any atom is 0.573 e. The Balaban J connectivity index is 2.31. The summed E-state index contributed by atoms with van der Waals surface area (Å²) in [5.74, 6) is 0.0449. The van der Waals surface area contributed by atoms with Crippen LogP contribution in [0.25, 0.3) is 12.2 Å². The molecule has 0 spiro atoms. The van der Waals surface area contributed by atoms with E-state index in [0.29, 0.717) is 11.5 Å². The van der Waals surface area contributed by atoms with Crippen molar-refractivity contribution in [1.29, 1.82) is 0 Å². The molecule has 0 fully saturated rings. The first-order chi connectivity index (χ1) is 10.4. The summed E-state index contributed by atoms with van der Waals surface area (Å²) in [6.07, 6.45) is -1.60. The average Bonchev–Trinajstić information content (AvgIpc) is 2.47. The molecule has 1 heterocycles. The highest BCUT2D eigenvalue weighted by Gasteiger charge is 2.32. The summed E-state index contributed by atoms with van der Waals surface area (Å²) in [6, 6.07) is 9.12. The molecule has 0 saturated heterocycles. The van der Waals surface area contributed by atoms with Gasteiger partial charge in [-0.05, 0) is 35.9 Å². The lowest BCUT2D eigenvalue weighted by Crippen LogP contribution is -2.17. The molecule has 0 aliphatic heterocycles. The molecule has 0 bridgehead atoms. The van der Waals surface area contributed by atoms with E-state index in [1.807, 2.05) is 0 Å². The van der Waals surface area contributed by atoms with Crippen molar-refractivity contribution in [3.8, 4) is 5.75 Å². The van der Waals surface area contributed by atoms with Gasteiger partial charge < -0.3 is 10.1 Å². The van der Waals surface area contributed by atoms with E-state index in [9.17, 15) is 13.2 Å². The van der Waals surface area contributed by atoms with E-state index < -0.39 is 6.36 Å². The molecule has 0 aliphatic rings. The smallest absolute Gasteiger partial charge is 0.404 e. The summed E-state index contributed by atoms with van der Waals surface area (Å²) < 4.78 is 41.1. The normalized spacial score (nSPS) is 10.9. The number of alkyl halides is 3. The number of nitrogens with one attached hydrogen (secondary N) is 1. The van der Waals surface area contributed by atoms with Crippen LogP contribution in [0.4, 0.5) is 24.7 Å².